The molecule has 0 fully saturated rings. The van der Waals surface area contributed by atoms with Crippen molar-refractivity contribution >= 4 is 11.9 Å². The van der Waals surface area contributed by atoms with Gasteiger partial charge in [0, 0.05) is 26.9 Å². The van der Waals surface area contributed by atoms with Gasteiger partial charge in [0.15, 0.2) is 0 Å². The second kappa shape index (κ2) is 7.51. The van der Waals surface area contributed by atoms with Crippen LogP contribution >= 0.6 is 0 Å². The first-order chi connectivity index (χ1) is 6.20. The summed E-state index contributed by atoms with van der Waals surface area (Å²) in [6.07, 6.45) is 0.806. The Kier molecular flexibility index (Phi) is 6.85. The molecule has 0 rings (SSSR count). The molecule has 0 spiro atoms. The van der Waals surface area contributed by atoms with Gasteiger partial charge in [-0.25, -0.2) is 0 Å². The van der Waals surface area contributed by atoms with Gasteiger partial charge in [-0.05, 0) is 6.42 Å². The maximum Gasteiger partial charge on any atom is 0.324 e. The Balaban J connectivity index is 3.33. The summed E-state index contributed by atoms with van der Waals surface area (Å²) in [7, 11) is 2.99. The summed E-state index contributed by atoms with van der Waals surface area (Å²) in [6, 6.07) is 0. The zero-order chi connectivity index (χ0) is 10.1. The highest BCUT2D eigenvalue weighted by Crippen LogP contribution is 1.97. The second-order valence-electron chi connectivity index (χ2n) is 2.21. The average Bonchev–Trinajstić information content (AvgIpc) is 2.05. The van der Waals surface area contributed by atoms with E-state index in [1.165, 1.54) is 14.1 Å². The number of hydrogen-bond donors (Lipinski definition) is 2. The number of carbonyl (C=O) groups is 2. The highest BCUT2D eigenvalue weighted by Gasteiger charge is 2.06. The lowest BCUT2D eigenvalue weighted by atomic mass is 10.2. The Morgan fingerprint density at radius 2 is 1.38 bits per heavy atom. The SMILES string of the molecule is CNOC(=O)CCCC(=O)ONC. The van der Waals surface area contributed by atoms with Crippen LogP contribution in [0.3, 0.4) is 0 Å². The number of hydrogen-bond acceptors (Lipinski definition) is 6. The van der Waals surface area contributed by atoms with Gasteiger partial charge in [-0.2, -0.15) is 11.0 Å². The molecular weight excluding hydrogens is 176 g/mol. The van der Waals surface area contributed by atoms with Crippen LogP contribution in [0.1, 0.15) is 19.3 Å². The van der Waals surface area contributed by atoms with E-state index in [-0.39, 0.29) is 24.8 Å². The molecule has 6 heteroatoms. The van der Waals surface area contributed by atoms with Crippen molar-refractivity contribution in [3.8, 4) is 0 Å². The Morgan fingerprint density at radius 3 is 1.69 bits per heavy atom. The first-order valence-electron chi connectivity index (χ1n) is 3.93. The summed E-state index contributed by atoms with van der Waals surface area (Å²) in [5.41, 5.74) is 4.51. The molecule has 0 aliphatic heterocycles. The van der Waals surface area contributed by atoms with Crippen LogP contribution in [0.15, 0.2) is 0 Å². The fourth-order valence-corrected chi connectivity index (χ4v) is 0.707. The van der Waals surface area contributed by atoms with Gasteiger partial charge in [0.25, 0.3) is 0 Å². The van der Waals surface area contributed by atoms with E-state index < -0.39 is 0 Å². The van der Waals surface area contributed by atoms with Crippen molar-refractivity contribution in [2.75, 3.05) is 14.1 Å². The summed E-state index contributed by atoms with van der Waals surface area (Å²) < 4.78 is 0. The molecule has 0 bridgehead atoms. The van der Waals surface area contributed by atoms with Crippen molar-refractivity contribution in [3.05, 3.63) is 0 Å². The highest BCUT2D eigenvalue weighted by atomic mass is 16.7. The van der Waals surface area contributed by atoms with Gasteiger partial charge >= 0.3 is 11.9 Å². The maximum atomic E-state index is 10.7. The monoisotopic (exact) mass is 190 g/mol. The second-order valence-corrected chi connectivity index (χ2v) is 2.21. The summed E-state index contributed by atoms with van der Waals surface area (Å²) in [5, 5.41) is 0. The van der Waals surface area contributed by atoms with Crippen molar-refractivity contribution in [3.63, 3.8) is 0 Å². The van der Waals surface area contributed by atoms with E-state index in [0.29, 0.717) is 6.42 Å². The number of nitrogens with one attached hydrogen (secondary N) is 2. The Labute approximate surface area is 76.5 Å². The topological polar surface area (TPSA) is 76.7 Å². The van der Waals surface area contributed by atoms with Crippen LogP contribution < -0.4 is 11.0 Å². The zero-order valence-corrected chi connectivity index (χ0v) is 7.75. The van der Waals surface area contributed by atoms with E-state index in [0.717, 1.165) is 0 Å². The van der Waals surface area contributed by atoms with E-state index in [1.54, 1.807) is 0 Å². The zero-order valence-electron chi connectivity index (χ0n) is 7.75. The minimum atomic E-state index is -0.389. The van der Waals surface area contributed by atoms with Crippen LogP contribution in [0.5, 0.6) is 0 Å². The van der Waals surface area contributed by atoms with Gasteiger partial charge in [-0.3, -0.25) is 9.59 Å². The third kappa shape index (κ3) is 7.23. The van der Waals surface area contributed by atoms with Gasteiger partial charge in [0.05, 0.1) is 0 Å². The molecule has 0 atom stereocenters. The predicted octanol–water partition coefficient (Wildman–Crippen LogP) is -0.488. The summed E-state index contributed by atoms with van der Waals surface area (Å²) in [5.74, 6) is -0.778. The van der Waals surface area contributed by atoms with Crippen molar-refractivity contribution < 1.29 is 19.3 Å². The van der Waals surface area contributed by atoms with Gasteiger partial charge in [0.1, 0.15) is 0 Å². The molecule has 0 aromatic heterocycles. The third-order valence-electron chi connectivity index (χ3n) is 1.19. The molecular formula is C7H14N2O4. The van der Waals surface area contributed by atoms with E-state index in [1.807, 2.05) is 0 Å². The van der Waals surface area contributed by atoms with Crippen LogP contribution in [0.2, 0.25) is 0 Å². The fourth-order valence-electron chi connectivity index (χ4n) is 0.707. The summed E-state index contributed by atoms with van der Waals surface area (Å²) in [4.78, 5) is 30.3. The molecule has 6 nitrogen and oxygen atoms in total. The minimum absolute atomic E-state index is 0.194. The molecule has 0 aromatic rings. The van der Waals surface area contributed by atoms with Gasteiger partial charge in [-0.15, -0.1) is 0 Å². The maximum absolute atomic E-state index is 10.7. The molecule has 2 N–H and O–H groups in total. The van der Waals surface area contributed by atoms with Crippen LogP contribution in [0, 0.1) is 0 Å². The van der Waals surface area contributed by atoms with E-state index in [2.05, 4.69) is 20.6 Å². The minimum Gasteiger partial charge on any atom is -0.371 e. The van der Waals surface area contributed by atoms with E-state index in [4.69, 9.17) is 0 Å². The van der Waals surface area contributed by atoms with E-state index in [9.17, 15) is 9.59 Å². The molecule has 0 aromatic carbocycles. The molecule has 0 aliphatic carbocycles. The van der Waals surface area contributed by atoms with Gasteiger partial charge < -0.3 is 9.68 Å². The first-order valence-corrected chi connectivity index (χ1v) is 3.93. The number of hydroxylamine groups is 2. The number of carbonyl (C=O) groups excluding carboxylic acids is 2. The van der Waals surface area contributed by atoms with E-state index >= 15 is 0 Å². The highest BCUT2D eigenvalue weighted by molar-refractivity contribution is 5.72. The number of rotatable bonds is 6. The third-order valence-corrected chi connectivity index (χ3v) is 1.19. The average molecular weight is 190 g/mol. The molecule has 13 heavy (non-hydrogen) atoms. The molecule has 0 saturated heterocycles. The normalized spacial score (nSPS) is 9.38. The van der Waals surface area contributed by atoms with Crippen molar-refractivity contribution in [2.45, 2.75) is 19.3 Å². The van der Waals surface area contributed by atoms with Crippen molar-refractivity contribution in [1.82, 2.24) is 11.0 Å². The lowest BCUT2D eigenvalue weighted by Crippen LogP contribution is -2.17. The van der Waals surface area contributed by atoms with Crippen molar-refractivity contribution in [2.24, 2.45) is 0 Å². The van der Waals surface area contributed by atoms with Gasteiger partial charge in [0.2, 0.25) is 0 Å². The largest absolute Gasteiger partial charge is 0.371 e. The molecule has 0 amide bonds. The lowest BCUT2D eigenvalue weighted by Gasteiger charge is -2.01. The van der Waals surface area contributed by atoms with Crippen LogP contribution in [0.25, 0.3) is 0 Å². The fraction of sp³-hybridized carbons (Fsp3) is 0.714. The molecule has 76 valence electrons. The molecule has 0 unspecified atom stereocenters. The molecule has 0 heterocycles. The van der Waals surface area contributed by atoms with Crippen molar-refractivity contribution in [1.29, 1.82) is 0 Å². The Bertz CT molecular complexity index is 154. The molecule has 0 radical (unpaired) electrons. The first kappa shape index (κ1) is 11.9. The smallest absolute Gasteiger partial charge is 0.324 e. The quantitative estimate of drug-likeness (QED) is 0.550. The standard InChI is InChI=1S/C7H14N2O4/c1-8-12-6(10)4-3-5-7(11)13-9-2/h8-9H,3-5H2,1-2H3. The summed E-state index contributed by atoms with van der Waals surface area (Å²) in [6.45, 7) is 0. The molecule has 0 saturated carbocycles. The molecule has 0 aliphatic rings. The van der Waals surface area contributed by atoms with Crippen LogP contribution in [0.4, 0.5) is 0 Å². The Morgan fingerprint density at radius 1 is 1.00 bits per heavy atom. The lowest BCUT2D eigenvalue weighted by molar-refractivity contribution is -0.151. The Hall–Kier alpha value is -1.14. The summed E-state index contributed by atoms with van der Waals surface area (Å²) >= 11 is 0. The van der Waals surface area contributed by atoms with Crippen LogP contribution in [-0.2, 0) is 19.3 Å². The van der Waals surface area contributed by atoms with Gasteiger partial charge in [-0.1, -0.05) is 0 Å². The van der Waals surface area contributed by atoms with Crippen LogP contribution in [-0.4, -0.2) is 26.0 Å². The predicted molar refractivity (Wildman–Crippen MR) is 44.2 cm³/mol.